The van der Waals surface area contributed by atoms with Gasteiger partial charge in [-0.05, 0) is 68.1 Å². The van der Waals surface area contributed by atoms with E-state index in [0.29, 0.717) is 12.8 Å². The number of hydrogen-bond donors (Lipinski definition) is 1. The van der Waals surface area contributed by atoms with E-state index < -0.39 is 22.8 Å². The van der Waals surface area contributed by atoms with Crippen LogP contribution in [-0.2, 0) is 19.1 Å². The van der Waals surface area contributed by atoms with Crippen LogP contribution in [-0.4, -0.2) is 34.9 Å². The second-order valence-corrected chi connectivity index (χ2v) is 9.77. The first kappa shape index (κ1) is 20.3. The third-order valence-electron chi connectivity index (χ3n) is 8.30. The highest BCUT2D eigenvalue weighted by Gasteiger charge is 2.64. The molecule has 0 spiro atoms. The van der Waals surface area contributed by atoms with Gasteiger partial charge in [0.2, 0.25) is 5.78 Å². The van der Waals surface area contributed by atoms with Crippen molar-refractivity contribution >= 4 is 17.5 Å². The van der Waals surface area contributed by atoms with Crippen LogP contribution in [0.4, 0.5) is 0 Å². The summed E-state index contributed by atoms with van der Waals surface area (Å²) < 4.78 is 4.91. The summed E-state index contributed by atoms with van der Waals surface area (Å²) in [5.74, 6) is -0.146. The summed E-state index contributed by atoms with van der Waals surface area (Å²) in [6, 6.07) is 0. The summed E-state index contributed by atoms with van der Waals surface area (Å²) in [4.78, 5) is 36.0. The zero-order chi connectivity index (χ0) is 21.2. The molecule has 6 atom stereocenters. The number of carbonyl (C=O) groups excluding carboxylic acids is 3. The van der Waals surface area contributed by atoms with Gasteiger partial charge in [-0.15, -0.1) is 0 Å². The molecule has 5 nitrogen and oxygen atoms in total. The molecule has 0 bridgehead atoms. The Morgan fingerprint density at radius 3 is 2.69 bits per heavy atom. The fourth-order valence-corrected chi connectivity index (χ4v) is 6.68. The van der Waals surface area contributed by atoms with Gasteiger partial charge in [0.15, 0.2) is 12.4 Å². The fourth-order valence-electron chi connectivity index (χ4n) is 6.68. The van der Waals surface area contributed by atoms with Crippen molar-refractivity contribution in [2.45, 2.75) is 59.0 Å². The molecule has 4 rings (SSSR count). The minimum absolute atomic E-state index is 0.0512. The molecule has 4 aliphatic carbocycles. The van der Waals surface area contributed by atoms with Crippen molar-refractivity contribution in [2.24, 2.45) is 28.6 Å². The Morgan fingerprint density at radius 2 is 2.00 bits per heavy atom. The number of allylic oxidation sites excluding steroid dienone is 6. The van der Waals surface area contributed by atoms with Crippen molar-refractivity contribution in [2.75, 3.05) is 6.61 Å². The van der Waals surface area contributed by atoms with E-state index in [2.05, 4.69) is 19.9 Å². The maximum Gasteiger partial charge on any atom is 0.303 e. The van der Waals surface area contributed by atoms with Gasteiger partial charge >= 0.3 is 5.97 Å². The summed E-state index contributed by atoms with van der Waals surface area (Å²) in [6.07, 6.45) is 10.4. The van der Waals surface area contributed by atoms with Gasteiger partial charge in [-0.2, -0.15) is 0 Å². The molecule has 0 aromatic carbocycles. The molecule has 0 amide bonds. The molecule has 156 valence electrons. The van der Waals surface area contributed by atoms with Gasteiger partial charge in [0.25, 0.3) is 0 Å². The van der Waals surface area contributed by atoms with Gasteiger partial charge in [-0.3, -0.25) is 14.4 Å². The Balaban J connectivity index is 1.70. The number of hydrogen-bond acceptors (Lipinski definition) is 5. The van der Waals surface area contributed by atoms with E-state index in [9.17, 15) is 19.5 Å². The number of ketones is 2. The number of fused-ring (bicyclic) bond motifs is 5. The third-order valence-corrected chi connectivity index (χ3v) is 8.30. The van der Waals surface area contributed by atoms with Gasteiger partial charge in [-0.1, -0.05) is 31.6 Å². The van der Waals surface area contributed by atoms with Crippen molar-refractivity contribution in [3.05, 3.63) is 35.5 Å². The van der Waals surface area contributed by atoms with Crippen LogP contribution in [0.5, 0.6) is 0 Å². The molecule has 29 heavy (non-hydrogen) atoms. The number of Topliss-reactive ketones (excluding diaryl/α,β-unsaturated/α-hetero) is 1. The van der Waals surface area contributed by atoms with Crippen LogP contribution in [0.3, 0.4) is 0 Å². The van der Waals surface area contributed by atoms with Crippen molar-refractivity contribution < 1.29 is 24.2 Å². The standard InChI is InChI=1S/C24H30O5/c1-14-11-17-18(22(3)8-5-16(26)12-20(14)22)6-9-23(4)19(17)7-10-24(23,28)21(27)13-29-15(2)25/h5-6,8,12,14,17,19,28H,7,9-11,13H2,1-4H3/t14-,17+,19+,22-,23+,24+/m0/s1. The number of carbonyl (C=O) groups is 3. The minimum atomic E-state index is -1.48. The normalized spacial score (nSPS) is 42.9. The molecular weight excluding hydrogens is 368 g/mol. The van der Waals surface area contributed by atoms with Crippen molar-refractivity contribution in [1.29, 1.82) is 0 Å². The highest BCUT2D eigenvalue weighted by molar-refractivity contribution is 6.01. The largest absolute Gasteiger partial charge is 0.458 e. The lowest BCUT2D eigenvalue weighted by Crippen LogP contribution is -2.56. The fraction of sp³-hybridized carbons (Fsp3) is 0.625. The minimum Gasteiger partial charge on any atom is -0.458 e. The van der Waals surface area contributed by atoms with Gasteiger partial charge in [-0.25, -0.2) is 0 Å². The quantitative estimate of drug-likeness (QED) is 0.583. The first-order valence-electron chi connectivity index (χ1n) is 10.6. The first-order valence-corrected chi connectivity index (χ1v) is 10.6. The molecular formula is C24H30O5. The van der Waals surface area contributed by atoms with Crippen LogP contribution < -0.4 is 0 Å². The lowest BCUT2D eigenvalue weighted by Gasteiger charge is -2.55. The maximum atomic E-state index is 12.9. The summed E-state index contributed by atoms with van der Waals surface area (Å²) in [6.45, 7) is 7.27. The van der Waals surface area contributed by atoms with Crippen LogP contribution in [0.15, 0.2) is 35.5 Å². The Labute approximate surface area is 171 Å². The Morgan fingerprint density at radius 1 is 1.28 bits per heavy atom. The zero-order valence-electron chi connectivity index (χ0n) is 17.7. The van der Waals surface area contributed by atoms with E-state index in [4.69, 9.17) is 4.74 Å². The molecule has 4 aliphatic rings. The van der Waals surface area contributed by atoms with Gasteiger partial charge < -0.3 is 9.84 Å². The number of rotatable bonds is 3. The smallest absolute Gasteiger partial charge is 0.303 e. The van der Waals surface area contributed by atoms with Gasteiger partial charge in [0, 0.05) is 17.8 Å². The maximum absolute atomic E-state index is 12.9. The highest BCUT2D eigenvalue weighted by atomic mass is 16.5. The summed E-state index contributed by atoms with van der Waals surface area (Å²) in [7, 11) is 0. The van der Waals surface area contributed by atoms with Crippen LogP contribution >= 0.6 is 0 Å². The average molecular weight is 398 g/mol. The first-order chi connectivity index (χ1) is 13.5. The van der Waals surface area contributed by atoms with Crippen LogP contribution in [0, 0.1) is 28.6 Å². The Hall–Kier alpha value is -2.01. The second kappa shape index (κ2) is 6.49. The topological polar surface area (TPSA) is 80.7 Å². The number of ether oxygens (including phenoxy) is 1. The van der Waals surface area contributed by atoms with Crippen molar-refractivity contribution in [3.63, 3.8) is 0 Å². The number of esters is 1. The molecule has 0 saturated heterocycles. The molecule has 0 aliphatic heterocycles. The van der Waals surface area contributed by atoms with Gasteiger partial charge in [0.05, 0.1) is 0 Å². The summed E-state index contributed by atoms with van der Waals surface area (Å²) >= 11 is 0. The lowest BCUT2D eigenvalue weighted by atomic mass is 9.49. The predicted molar refractivity (Wildman–Crippen MR) is 108 cm³/mol. The van der Waals surface area contributed by atoms with Crippen LogP contribution in [0.1, 0.15) is 53.4 Å². The molecule has 0 aromatic heterocycles. The average Bonchev–Trinajstić information content (AvgIpc) is 2.94. The van der Waals surface area contributed by atoms with E-state index in [0.717, 1.165) is 12.8 Å². The third kappa shape index (κ3) is 2.73. The zero-order valence-corrected chi connectivity index (χ0v) is 17.7. The molecule has 0 aromatic rings. The Bertz CT molecular complexity index is 880. The summed E-state index contributed by atoms with van der Waals surface area (Å²) in [5, 5.41) is 11.5. The molecule has 5 heteroatoms. The van der Waals surface area contributed by atoms with E-state index in [1.165, 1.54) is 18.1 Å². The van der Waals surface area contributed by atoms with Crippen molar-refractivity contribution in [1.82, 2.24) is 0 Å². The highest BCUT2D eigenvalue weighted by Crippen LogP contribution is 2.65. The van der Waals surface area contributed by atoms with Crippen LogP contribution in [0.25, 0.3) is 0 Å². The molecule has 0 radical (unpaired) electrons. The van der Waals surface area contributed by atoms with E-state index >= 15 is 0 Å². The predicted octanol–water partition coefficient (Wildman–Crippen LogP) is 3.32. The molecule has 1 N–H and O–H groups in total. The summed E-state index contributed by atoms with van der Waals surface area (Å²) in [5.41, 5.74) is 0.178. The molecule has 0 unspecified atom stereocenters. The van der Waals surface area contributed by atoms with E-state index in [1.54, 1.807) is 12.2 Å². The van der Waals surface area contributed by atoms with E-state index in [-0.39, 0.29) is 35.6 Å². The molecule has 0 heterocycles. The van der Waals surface area contributed by atoms with Crippen molar-refractivity contribution in [3.8, 4) is 0 Å². The lowest BCUT2D eigenvalue weighted by molar-refractivity contribution is -0.162. The molecule has 2 saturated carbocycles. The van der Waals surface area contributed by atoms with E-state index in [1.807, 2.05) is 13.0 Å². The SMILES string of the molecule is CC(=O)OCC(=O)[C@]1(O)CC[C@@H]2[C@@H]3C[C@H](C)C4=CC(=O)C=C[C@@]4(C)C3=CC[C@]21C. The van der Waals surface area contributed by atoms with Gasteiger partial charge in [0.1, 0.15) is 5.60 Å². The second-order valence-electron chi connectivity index (χ2n) is 9.77. The van der Waals surface area contributed by atoms with Crippen LogP contribution in [0.2, 0.25) is 0 Å². The Kier molecular flexibility index (Phi) is 4.54. The number of aliphatic hydroxyl groups is 1. The monoisotopic (exact) mass is 398 g/mol. The molecule has 2 fully saturated rings.